The monoisotopic (exact) mass is 540 g/mol. The molecule has 0 spiro atoms. The second kappa shape index (κ2) is 12.6. The molecule has 41 heavy (non-hydrogen) atoms. The largest absolute Gasteiger partial charge is 0.478 e. The van der Waals surface area contributed by atoms with E-state index in [1.807, 2.05) is 121 Å². The number of carbonyl (C=O) groups is 3. The van der Waals surface area contributed by atoms with E-state index in [-0.39, 0.29) is 28.8 Å². The van der Waals surface area contributed by atoms with Crippen molar-refractivity contribution in [1.29, 1.82) is 0 Å². The Labute approximate surface area is 238 Å². The molecule has 0 aromatic heterocycles. The maximum absolute atomic E-state index is 13.7. The van der Waals surface area contributed by atoms with Crippen LogP contribution in [0.15, 0.2) is 140 Å². The number of nitrogens with one attached hydrogen (secondary N) is 2. The quantitative estimate of drug-likeness (QED) is 0.189. The maximum Gasteiger partial charge on any atom is 0.335 e. The third-order valence-corrected chi connectivity index (χ3v) is 6.77. The van der Waals surface area contributed by atoms with Gasteiger partial charge in [-0.25, -0.2) is 4.79 Å². The molecule has 0 heterocycles. The number of carboxylic acid groups (broad SMARTS) is 1. The molecule has 0 radical (unpaired) electrons. The highest BCUT2D eigenvalue weighted by atomic mass is 16.4. The van der Waals surface area contributed by atoms with E-state index in [4.69, 9.17) is 0 Å². The molecule has 0 aliphatic heterocycles. The van der Waals surface area contributed by atoms with Gasteiger partial charge >= 0.3 is 5.97 Å². The van der Waals surface area contributed by atoms with E-state index in [2.05, 4.69) is 10.6 Å². The van der Waals surface area contributed by atoms with Crippen LogP contribution in [-0.2, 0) is 9.59 Å². The van der Waals surface area contributed by atoms with Gasteiger partial charge in [0.1, 0.15) is 0 Å². The van der Waals surface area contributed by atoms with Crippen molar-refractivity contribution in [1.82, 2.24) is 0 Å². The summed E-state index contributed by atoms with van der Waals surface area (Å²) >= 11 is 0. The Balaban J connectivity index is 1.46. The minimum atomic E-state index is -1.18. The van der Waals surface area contributed by atoms with Gasteiger partial charge in [0, 0.05) is 11.4 Å². The molecular formula is C35H28N2O4. The van der Waals surface area contributed by atoms with Crippen molar-refractivity contribution in [2.24, 2.45) is 0 Å². The standard InChI is InChI=1S/C35H28N2O4/c38-33(31(24-13-5-1-6-14-24)25-15-7-2-8-16-25)36-29-21-28(35(40)41)22-30(23-29)37-34(39)32(26-17-9-3-10-18-26)27-19-11-4-12-20-27/h1-23,31-32H,(H,36,38)(H,37,39)(H,40,41). The minimum absolute atomic E-state index is 0.0648. The Morgan fingerprint density at radius 1 is 0.463 bits per heavy atom. The van der Waals surface area contributed by atoms with Crippen molar-refractivity contribution in [2.75, 3.05) is 10.6 Å². The third-order valence-electron chi connectivity index (χ3n) is 6.77. The van der Waals surface area contributed by atoms with E-state index < -0.39 is 17.8 Å². The summed E-state index contributed by atoms with van der Waals surface area (Å²) in [6.07, 6.45) is 0. The van der Waals surface area contributed by atoms with Gasteiger partial charge < -0.3 is 15.7 Å². The Hall–Kier alpha value is -5.49. The Morgan fingerprint density at radius 3 is 1.02 bits per heavy atom. The minimum Gasteiger partial charge on any atom is -0.478 e. The van der Waals surface area contributed by atoms with Gasteiger partial charge in [0.25, 0.3) is 0 Å². The van der Waals surface area contributed by atoms with Gasteiger partial charge in [-0.15, -0.1) is 0 Å². The molecule has 202 valence electrons. The van der Waals surface area contributed by atoms with Gasteiger partial charge in [-0.05, 0) is 40.5 Å². The molecule has 0 atom stereocenters. The molecule has 5 rings (SSSR count). The lowest BCUT2D eigenvalue weighted by Gasteiger charge is -2.20. The van der Waals surface area contributed by atoms with E-state index in [0.717, 1.165) is 22.3 Å². The van der Waals surface area contributed by atoms with E-state index in [1.54, 1.807) is 6.07 Å². The zero-order valence-electron chi connectivity index (χ0n) is 22.1. The number of hydrogen-bond donors (Lipinski definition) is 3. The van der Waals surface area contributed by atoms with Gasteiger partial charge in [-0.3, -0.25) is 9.59 Å². The number of benzene rings is 5. The van der Waals surface area contributed by atoms with Crippen LogP contribution in [0.3, 0.4) is 0 Å². The van der Waals surface area contributed by atoms with Crippen LogP contribution in [-0.4, -0.2) is 22.9 Å². The molecule has 0 bridgehead atoms. The first kappa shape index (κ1) is 27.1. The summed E-state index contributed by atoms with van der Waals surface area (Å²) in [6, 6.07) is 41.8. The predicted molar refractivity (Wildman–Crippen MR) is 160 cm³/mol. The fourth-order valence-electron chi connectivity index (χ4n) is 4.90. The van der Waals surface area contributed by atoms with Crippen molar-refractivity contribution in [3.63, 3.8) is 0 Å². The molecule has 5 aromatic rings. The summed E-state index contributed by atoms with van der Waals surface area (Å²) in [6.45, 7) is 0. The number of aromatic carboxylic acids is 1. The third kappa shape index (κ3) is 6.57. The summed E-state index contributed by atoms with van der Waals surface area (Å²) in [4.78, 5) is 39.3. The van der Waals surface area contributed by atoms with Crippen molar-refractivity contribution >= 4 is 29.2 Å². The molecule has 0 unspecified atom stereocenters. The molecule has 0 aliphatic carbocycles. The molecular weight excluding hydrogens is 512 g/mol. The lowest BCUT2D eigenvalue weighted by Crippen LogP contribution is -2.24. The first-order chi connectivity index (χ1) is 20.0. The van der Waals surface area contributed by atoms with Gasteiger partial charge in [-0.2, -0.15) is 0 Å². The molecule has 0 saturated heterocycles. The van der Waals surface area contributed by atoms with Crippen molar-refractivity contribution in [2.45, 2.75) is 11.8 Å². The van der Waals surface area contributed by atoms with Crippen LogP contribution in [0, 0.1) is 0 Å². The number of carboxylic acids is 1. The van der Waals surface area contributed by atoms with Crippen LogP contribution < -0.4 is 10.6 Å². The number of carbonyl (C=O) groups excluding carboxylic acids is 2. The average Bonchev–Trinajstić information content (AvgIpc) is 2.99. The molecule has 0 aliphatic rings. The van der Waals surface area contributed by atoms with Crippen molar-refractivity contribution in [3.05, 3.63) is 167 Å². The summed E-state index contributed by atoms with van der Waals surface area (Å²) in [5.41, 5.74) is 3.65. The van der Waals surface area contributed by atoms with Crippen LogP contribution in [0.1, 0.15) is 44.4 Å². The summed E-state index contributed by atoms with van der Waals surface area (Å²) in [5, 5.41) is 15.6. The molecule has 0 fully saturated rings. The van der Waals surface area contributed by atoms with Crippen molar-refractivity contribution < 1.29 is 19.5 Å². The Kier molecular flexibility index (Phi) is 8.31. The van der Waals surface area contributed by atoms with Gasteiger partial charge in [0.05, 0.1) is 17.4 Å². The Bertz CT molecular complexity index is 1450. The molecule has 2 amide bonds. The van der Waals surface area contributed by atoms with Crippen LogP contribution in [0.2, 0.25) is 0 Å². The highest BCUT2D eigenvalue weighted by Gasteiger charge is 2.25. The highest BCUT2D eigenvalue weighted by molar-refractivity contribution is 6.02. The van der Waals surface area contributed by atoms with E-state index in [0.29, 0.717) is 0 Å². The fraction of sp³-hybridized carbons (Fsp3) is 0.0571. The fourth-order valence-corrected chi connectivity index (χ4v) is 4.90. The predicted octanol–water partition coefficient (Wildman–Crippen LogP) is 6.93. The molecule has 5 aromatic carbocycles. The molecule has 6 heteroatoms. The first-order valence-corrected chi connectivity index (χ1v) is 13.2. The van der Waals surface area contributed by atoms with E-state index >= 15 is 0 Å². The van der Waals surface area contributed by atoms with Gasteiger partial charge in [0.15, 0.2) is 0 Å². The number of hydrogen-bond acceptors (Lipinski definition) is 3. The second-order valence-electron chi connectivity index (χ2n) is 9.59. The van der Waals surface area contributed by atoms with E-state index in [9.17, 15) is 19.5 Å². The highest BCUT2D eigenvalue weighted by Crippen LogP contribution is 2.30. The van der Waals surface area contributed by atoms with Crippen LogP contribution in [0.25, 0.3) is 0 Å². The van der Waals surface area contributed by atoms with Gasteiger partial charge in [-0.1, -0.05) is 121 Å². The zero-order chi connectivity index (χ0) is 28.6. The average molecular weight is 541 g/mol. The van der Waals surface area contributed by atoms with Crippen molar-refractivity contribution in [3.8, 4) is 0 Å². The molecule has 0 saturated carbocycles. The molecule has 3 N–H and O–H groups in total. The SMILES string of the molecule is O=C(O)c1cc(NC(=O)C(c2ccccc2)c2ccccc2)cc(NC(=O)C(c2ccccc2)c2ccccc2)c1. The number of anilines is 2. The van der Waals surface area contributed by atoms with Gasteiger partial charge in [0.2, 0.25) is 11.8 Å². The zero-order valence-corrected chi connectivity index (χ0v) is 22.1. The lowest BCUT2D eigenvalue weighted by atomic mass is 9.90. The normalized spacial score (nSPS) is 10.8. The van der Waals surface area contributed by atoms with Crippen LogP contribution in [0.4, 0.5) is 11.4 Å². The number of rotatable bonds is 9. The first-order valence-electron chi connectivity index (χ1n) is 13.2. The number of amides is 2. The summed E-state index contributed by atoms with van der Waals surface area (Å²) < 4.78 is 0. The van der Waals surface area contributed by atoms with Crippen LogP contribution >= 0.6 is 0 Å². The Morgan fingerprint density at radius 2 is 0.756 bits per heavy atom. The second-order valence-corrected chi connectivity index (χ2v) is 9.59. The van der Waals surface area contributed by atoms with Crippen LogP contribution in [0.5, 0.6) is 0 Å². The lowest BCUT2D eigenvalue weighted by molar-refractivity contribution is -0.117. The topological polar surface area (TPSA) is 95.5 Å². The molecule has 6 nitrogen and oxygen atoms in total. The maximum atomic E-state index is 13.7. The summed E-state index contributed by atoms with van der Waals surface area (Å²) in [5.74, 6) is -3.07. The van der Waals surface area contributed by atoms with E-state index in [1.165, 1.54) is 12.1 Å². The smallest absolute Gasteiger partial charge is 0.335 e. The summed E-state index contributed by atoms with van der Waals surface area (Å²) in [7, 11) is 0.